The van der Waals surface area contributed by atoms with Crippen molar-refractivity contribution in [1.82, 2.24) is 4.90 Å². The summed E-state index contributed by atoms with van der Waals surface area (Å²) < 4.78 is 5.32. The number of morpholine rings is 1. The van der Waals surface area contributed by atoms with Crippen LogP contribution in [0.4, 0.5) is 0 Å². The van der Waals surface area contributed by atoms with Gasteiger partial charge in [0.25, 0.3) is 0 Å². The molecule has 0 spiro atoms. The van der Waals surface area contributed by atoms with Gasteiger partial charge in [0.15, 0.2) is 0 Å². The molecule has 1 heterocycles. The highest BCUT2D eigenvalue weighted by atomic mass is 16.5. The third kappa shape index (κ3) is 2.36. The molecular weight excluding hydrogens is 190 g/mol. The highest BCUT2D eigenvalue weighted by Crippen LogP contribution is 2.22. The number of carbonyl (C=O) groups excluding carboxylic acids is 1. The highest BCUT2D eigenvalue weighted by Gasteiger charge is 2.26. The van der Waals surface area contributed by atoms with E-state index in [2.05, 4.69) is 11.8 Å². The molecule has 1 aromatic rings. The summed E-state index contributed by atoms with van der Waals surface area (Å²) in [6, 6.07) is 9.89. The Bertz CT molecular complexity index is 337. The van der Waals surface area contributed by atoms with Gasteiger partial charge in [-0.25, -0.2) is 0 Å². The number of esters is 1. The minimum atomic E-state index is -0.128. The predicted octanol–water partition coefficient (Wildman–Crippen LogP) is 1.61. The maximum Gasteiger partial charge on any atom is 0.320 e. The van der Waals surface area contributed by atoms with Gasteiger partial charge in [-0.15, -0.1) is 0 Å². The number of ether oxygens (including phenoxy) is 1. The number of hydrogen-bond donors (Lipinski definition) is 0. The summed E-state index contributed by atoms with van der Waals surface area (Å²) in [7, 11) is 0. The van der Waals surface area contributed by atoms with Crippen LogP contribution in [0.5, 0.6) is 0 Å². The quantitative estimate of drug-likeness (QED) is 0.687. The molecule has 0 amide bonds. The molecule has 1 aliphatic rings. The Hall–Kier alpha value is -1.35. The molecule has 0 bridgehead atoms. The lowest BCUT2D eigenvalue weighted by molar-refractivity contribution is -0.159. The van der Waals surface area contributed by atoms with Crippen molar-refractivity contribution >= 4 is 5.97 Å². The van der Waals surface area contributed by atoms with E-state index in [1.165, 1.54) is 0 Å². The van der Waals surface area contributed by atoms with Crippen molar-refractivity contribution in [2.24, 2.45) is 0 Å². The molecule has 1 aromatic carbocycles. The van der Waals surface area contributed by atoms with E-state index in [-0.39, 0.29) is 12.1 Å². The Balaban J connectivity index is 2.12. The minimum Gasteiger partial charge on any atom is -0.455 e. The normalized spacial score (nSPS) is 22.5. The number of benzene rings is 1. The fourth-order valence-corrected chi connectivity index (χ4v) is 1.80. The van der Waals surface area contributed by atoms with Gasteiger partial charge in [-0.3, -0.25) is 9.69 Å². The summed E-state index contributed by atoms with van der Waals surface area (Å²) in [5.41, 5.74) is 1.07. The first kappa shape index (κ1) is 10.2. The maximum atomic E-state index is 11.4. The first-order chi connectivity index (χ1) is 7.29. The second kappa shape index (κ2) is 4.45. The van der Waals surface area contributed by atoms with E-state index in [4.69, 9.17) is 4.74 Å². The topological polar surface area (TPSA) is 29.5 Å². The molecule has 1 atom stereocenters. The molecule has 80 valence electrons. The summed E-state index contributed by atoms with van der Waals surface area (Å²) in [6.07, 6.45) is -0.104. The van der Waals surface area contributed by atoms with Crippen molar-refractivity contribution in [3.63, 3.8) is 0 Å². The average Bonchev–Trinajstić information content (AvgIpc) is 2.29. The molecule has 15 heavy (non-hydrogen) atoms. The standard InChI is InChI=1S/C12H15NO2/c1-2-13-8-11(15-12(14)9-13)10-6-4-3-5-7-10/h3-7,11H,2,8-9H2,1H3/t11-/m1/s1. The molecule has 0 aromatic heterocycles. The predicted molar refractivity (Wildman–Crippen MR) is 57.4 cm³/mol. The van der Waals surface area contributed by atoms with Crippen molar-refractivity contribution < 1.29 is 9.53 Å². The molecule has 1 aliphatic heterocycles. The fraction of sp³-hybridized carbons (Fsp3) is 0.417. The van der Waals surface area contributed by atoms with E-state index in [0.717, 1.165) is 18.7 Å². The zero-order valence-electron chi connectivity index (χ0n) is 8.85. The third-order valence-electron chi connectivity index (χ3n) is 2.67. The van der Waals surface area contributed by atoms with Crippen LogP contribution < -0.4 is 0 Å². The van der Waals surface area contributed by atoms with Crippen LogP contribution in [0.25, 0.3) is 0 Å². The van der Waals surface area contributed by atoms with Gasteiger partial charge in [-0.05, 0) is 12.1 Å². The number of cyclic esters (lactones) is 1. The smallest absolute Gasteiger partial charge is 0.320 e. The van der Waals surface area contributed by atoms with E-state index < -0.39 is 0 Å². The molecule has 0 aliphatic carbocycles. The largest absolute Gasteiger partial charge is 0.455 e. The van der Waals surface area contributed by atoms with E-state index in [0.29, 0.717) is 6.54 Å². The SMILES string of the molecule is CCN1CC(=O)O[C@@H](c2ccccc2)C1. The summed E-state index contributed by atoms with van der Waals surface area (Å²) in [5, 5.41) is 0. The van der Waals surface area contributed by atoms with Gasteiger partial charge in [0.2, 0.25) is 0 Å². The number of carbonyl (C=O) groups is 1. The third-order valence-corrected chi connectivity index (χ3v) is 2.67. The number of nitrogens with zero attached hydrogens (tertiary/aromatic N) is 1. The molecule has 0 saturated carbocycles. The van der Waals surface area contributed by atoms with Crippen LogP contribution in [-0.2, 0) is 9.53 Å². The van der Waals surface area contributed by atoms with Crippen LogP contribution in [0.1, 0.15) is 18.6 Å². The first-order valence-corrected chi connectivity index (χ1v) is 5.26. The molecule has 1 saturated heterocycles. The first-order valence-electron chi connectivity index (χ1n) is 5.26. The number of likely N-dealkylation sites (N-methyl/N-ethyl adjacent to an activating group) is 1. The van der Waals surface area contributed by atoms with E-state index in [1.54, 1.807) is 0 Å². The Kier molecular flexibility index (Phi) is 3.02. The molecule has 0 N–H and O–H groups in total. The van der Waals surface area contributed by atoms with Crippen LogP contribution in [0.2, 0.25) is 0 Å². The van der Waals surface area contributed by atoms with Crippen molar-refractivity contribution in [2.45, 2.75) is 13.0 Å². The second-order valence-electron chi connectivity index (χ2n) is 3.72. The van der Waals surface area contributed by atoms with Crippen LogP contribution in [0.15, 0.2) is 30.3 Å². The molecule has 0 radical (unpaired) electrons. The Morgan fingerprint density at radius 3 is 2.80 bits per heavy atom. The Labute approximate surface area is 89.7 Å². The Morgan fingerprint density at radius 1 is 1.40 bits per heavy atom. The molecular formula is C12H15NO2. The fourth-order valence-electron chi connectivity index (χ4n) is 1.80. The average molecular weight is 205 g/mol. The molecule has 3 nitrogen and oxygen atoms in total. The van der Waals surface area contributed by atoms with E-state index >= 15 is 0 Å². The van der Waals surface area contributed by atoms with Gasteiger partial charge in [0, 0.05) is 6.54 Å². The number of rotatable bonds is 2. The zero-order valence-corrected chi connectivity index (χ0v) is 8.85. The summed E-state index contributed by atoms with van der Waals surface area (Å²) in [4.78, 5) is 13.5. The molecule has 1 fully saturated rings. The van der Waals surface area contributed by atoms with Crippen LogP contribution in [0, 0.1) is 0 Å². The monoisotopic (exact) mass is 205 g/mol. The molecule has 0 unspecified atom stereocenters. The summed E-state index contributed by atoms with van der Waals surface area (Å²) in [6.45, 7) is 4.16. The van der Waals surface area contributed by atoms with Gasteiger partial charge in [0.1, 0.15) is 6.10 Å². The van der Waals surface area contributed by atoms with Gasteiger partial charge in [0.05, 0.1) is 6.54 Å². The van der Waals surface area contributed by atoms with Crippen molar-refractivity contribution in [3.8, 4) is 0 Å². The maximum absolute atomic E-state index is 11.4. The number of hydrogen-bond acceptors (Lipinski definition) is 3. The van der Waals surface area contributed by atoms with Crippen LogP contribution in [-0.4, -0.2) is 30.5 Å². The van der Waals surface area contributed by atoms with Gasteiger partial charge in [-0.2, -0.15) is 0 Å². The Morgan fingerprint density at radius 2 is 2.13 bits per heavy atom. The van der Waals surface area contributed by atoms with Gasteiger partial charge < -0.3 is 4.74 Å². The van der Waals surface area contributed by atoms with E-state index in [1.807, 2.05) is 30.3 Å². The van der Waals surface area contributed by atoms with Crippen molar-refractivity contribution in [2.75, 3.05) is 19.6 Å². The summed E-state index contributed by atoms with van der Waals surface area (Å²) in [5.74, 6) is -0.128. The zero-order chi connectivity index (χ0) is 10.7. The lowest BCUT2D eigenvalue weighted by Gasteiger charge is -2.31. The van der Waals surface area contributed by atoms with Gasteiger partial charge in [-0.1, -0.05) is 37.3 Å². The van der Waals surface area contributed by atoms with Crippen molar-refractivity contribution in [1.29, 1.82) is 0 Å². The summed E-state index contributed by atoms with van der Waals surface area (Å²) >= 11 is 0. The molecule has 3 heteroatoms. The minimum absolute atomic E-state index is 0.104. The van der Waals surface area contributed by atoms with Crippen molar-refractivity contribution in [3.05, 3.63) is 35.9 Å². The second-order valence-corrected chi connectivity index (χ2v) is 3.72. The van der Waals surface area contributed by atoms with Crippen LogP contribution in [0.3, 0.4) is 0 Å². The van der Waals surface area contributed by atoms with E-state index in [9.17, 15) is 4.79 Å². The van der Waals surface area contributed by atoms with Gasteiger partial charge >= 0.3 is 5.97 Å². The van der Waals surface area contributed by atoms with Crippen LogP contribution >= 0.6 is 0 Å². The molecule has 2 rings (SSSR count). The lowest BCUT2D eigenvalue weighted by Crippen LogP contribution is -2.41. The highest BCUT2D eigenvalue weighted by molar-refractivity contribution is 5.72. The lowest BCUT2D eigenvalue weighted by atomic mass is 10.1.